The van der Waals surface area contributed by atoms with E-state index in [1.165, 1.54) is 0 Å². The zero-order chi connectivity index (χ0) is 12.5. The third-order valence-corrected chi connectivity index (χ3v) is 3.69. The summed E-state index contributed by atoms with van der Waals surface area (Å²) >= 11 is 0. The number of aromatic nitrogens is 2. The fourth-order valence-electron chi connectivity index (χ4n) is 2.47. The molecule has 5 heteroatoms. The number of hydrogen-bond donors (Lipinski definition) is 2. The molecule has 1 saturated heterocycles. The molecule has 5 nitrogen and oxygen atoms in total. The van der Waals surface area contributed by atoms with Gasteiger partial charge in [0, 0.05) is 37.8 Å². The standard InChI is InChI=1S/C13H19N5/c1-9-11(12(14)10-2-3-10)13(17-8-16-9)18-6-4-15-5-7-18/h8,10,14-15H,2-7H2,1H3. The summed E-state index contributed by atoms with van der Waals surface area (Å²) in [4.78, 5) is 11.0. The maximum atomic E-state index is 8.32. The molecule has 0 aromatic carbocycles. The highest BCUT2D eigenvalue weighted by Gasteiger charge is 2.31. The Morgan fingerprint density at radius 3 is 2.72 bits per heavy atom. The Balaban J connectivity index is 1.96. The molecule has 1 saturated carbocycles. The fraction of sp³-hybridized carbons (Fsp3) is 0.615. The molecule has 1 aliphatic heterocycles. The average molecular weight is 245 g/mol. The molecule has 1 aromatic rings. The zero-order valence-corrected chi connectivity index (χ0v) is 10.7. The van der Waals surface area contributed by atoms with Gasteiger partial charge in [-0.1, -0.05) is 0 Å². The minimum Gasteiger partial charge on any atom is -0.353 e. The lowest BCUT2D eigenvalue weighted by Gasteiger charge is -2.30. The Morgan fingerprint density at radius 2 is 2.06 bits per heavy atom. The van der Waals surface area contributed by atoms with Gasteiger partial charge in [-0.25, -0.2) is 9.97 Å². The smallest absolute Gasteiger partial charge is 0.141 e. The average Bonchev–Trinajstić information content (AvgIpc) is 3.23. The first-order valence-corrected chi connectivity index (χ1v) is 6.63. The van der Waals surface area contributed by atoms with Crippen LogP contribution in [0.5, 0.6) is 0 Å². The van der Waals surface area contributed by atoms with Crippen molar-refractivity contribution >= 4 is 11.5 Å². The van der Waals surface area contributed by atoms with Crippen LogP contribution in [0.3, 0.4) is 0 Å². The molecule has 96 valence electrons. The van der Waals surface area contributed by atoms with Crippen LogP contribution in [0.25, 0.3) is 0 Å². The zero-order valence-electron chi connectivity index (χ0n) is 10.7. The third kappa shape index (κ3) is 2.10. The van der Waals surface area contributed by atoms with Crippen molar-refractivity contribution in [1.29, 1.82) is 5.41 Å². The maximum Gasteiger partial charge on any atom is 0.141 e. The molecule has 0 unspecified atom stereocenters. The Labute approximate surface area is 107 Å². The van der Waals surface area contributed by atoms with Crippen LogP contribution in [0.2, 0.25) is 0 Å². The van der Waals surface area contributed by atoms with Crippen LogP contribution in [0, 0.1) is 18.3 Å². The van der Waals surface area contributed by atoms with E-state index in [2.05, 4.69) is 20.2 Å². The van der Waals surface area contributed by atoms with Gasteiger partial charge in [-0.3, -0.25) is 0 Å². The summed E-state index contributed by atoms with van der Waals surface area (Å²) in [6.07, 6.45) is 3.92. The number of nitrogens with zero attached hydrogens (tertiary/aromatic N) is 3. The van der Waals surface area contributed by atoms with Crippen molar-refractivity contribution in [2.45, 2.75) is 19.8 Å². The van der Waals surface area contributed by atoms with Crippen LogP contribution in [0.4, 0.5) is 5.82 Å². The molecule has 2 N–H and O–H groups in total. The number of aryl methyl sites for hydroxylation is 1. The highest BCUT2D eigenvalue weighted by molar-refractivity contribution is 6.05. The van der Waals surface area contributed by atoms with E-state index in [0.29, 0.717) is 5.92 Å². The molecule has 1 aromatic heterocycles. The van der Waals surface area contributed by atoms with E-state index in [-0.39, 0.29) is 0 Å². The largest absolute Gasteiger partial charge is 0.353 e. The quantitative estimate of drug-likeness (QED) is 0.779. The Bertz CT molecular complexity index is 460. The van der Waals surface area contributed by atoms with E-state index >= 15 is 0 Å². The van der Waals surface area contributed by atoms with E-state index in [9.17, 15) is 0 Å². The van der Waals surface area contributed by atoms with Crippen molar-refractivity contribution in [3.63, 3.8) is 0 Å². The Kier molecular flexibility index (Phi) is 2.99. The molecule has 18 heavy (non-hydrogen) atoms. The second-order valence-electron chi connectivity index (χ2n) is 5.08. The predicted molar refractivity (Wildman–Crippen MR) is 71.4 cm³/mol. The Morgan fingerprint density at radius 1 is 1.33 bits per heavy atom. The molecule has 0 atom stereocenters. The summed E-state index contributed by atoms with van der Waals surface area (Å²) in [7, 11) is 0. The van der Waals surface area contributed by atoms with Gasteiger partial charge < -0.3 is 15.6 Å². The molecule has 2 fully saturated rings. The number of piperazine rings is 1. The minimum absolute atomic E-state index is 0.441. The van der Waals surface area contributed by atoms with Gasteiger partial charge in [-0.15, -0.1) is 0 Å². The molecule has 0 bridgehead atoms. The topological polar surface area (TPSA) is 64.9 Å². The Hall–Kier alpha value is -1.49. The van der Waals surface area contributed by atoms with Crippen LogP contribution in [-0.4, -0.2) is 41.9 Å². The van der Waals surface area contributed by atoms with E-state index in [4.69, 9.17) is 5.41 Å². The van der Waals surface area contributed by atoms with Gasteiger partial charge >= 0.3 is 0 Å². The van der Waals surface area contributed by atoms with Crippen molar-refractivity contribution < 1.29 is 0 Å². The van der Waals surface area contributed by atoms with Gasteiger partial charge in [-0.05, 0) is 19.8 Å². The molecule has 0 radical (unpaired) electrons. The highest BCUT2D eigenvalue weighted by Crippen LogP contribution is 2.35. The van der Waals surface area contributed by atoms with Gasteiger partial charge in [0.2, 0.25) is 0 Å². The van der Waals surface area contributed by atoms with E-state index in [1.54, 1.807) is 6.33 Å². The first-order chi connectivity index (χ1) is 8.77. The van der Waals surface area contributed by atoms with Crippen molar-refractivity contribution in [2.24, 2.45) is 5.92 Å². The van der Waals surface area contributed by atoms with Crippen LogP contribution < -0.4 is 10.2 Å². The minimum atomic E-state index is 0.441. The third-order valence-electron chi connectivity index (χ3n) is 3.69. The summed E-state index contributed by atoms with van der Waals surface area (Å²) in [6.45, 7) is 5.88. The number of nitrogens with one attached hydrogen (secondary N) is 2. The maximum absolute atomic E-state index is 8.32. The summed E-state index contributed by atoms with van der Waals surface area (Å²) in [5.74, 6) is 1.40. The summed E-state index contributed by atoms with van der Waals surface area (Å²) in [6, 6.07) is 0. The molecule has 0 amide bonds. The summed E-state index contributed by atoms with van der Waals surface area (Å²) in [5.41, 5.74) is 2.65. The molecule has 2 heterocycles. The molecule has 0 spiro atoms. The van der Waals surface area contributed by atoms with E-state index in [1.807, 2.05) is 6.92 Å². The van der Waals surface area contributed by atoms with Crippen molar-refractivity contribution in [2.75, 3.05) is 31.1 Å². The van der Waals surface area contributed by atoms with Gasteiger partial charge in [0.15, 0.2) is 0 Å². The molecule has 3 rings (SSSR count). The summed E-state index contributed by atoms with van der Waals surface area (Å²) in [5, 5.41) is 11.7. The second-order valence-corrected chi connectivity index (χ2v) is 5.08. The van der Waals surface area contributed by atoms with Crippen LogP contribution in [0.15, 0.2) is 6.33 Å². The number of anilines is 1. The van der Waals surface area contributed by atoms with Gasteiger partial charge in [0.1, 0.15) is 12.1 Å². The van der Waals surface area contributed by atoms with Crippen molar-refractivity contribution in [3.05, 3.63) is 17.6 Å². The second kappa shape index (κ2) is 4.65. The van der Waals surface area contributed by atoms with Gasteiger partial charge in [0.25, 0.3) is 0 Å². The molecule has 2 aliphatic rings. The first-order valence-electron chi connectivity index (χ1n) is 6.63. The number of hydrogen-bond acceptors (Lipinski definition) is 5. The summed E-state index contributed by atoms with van der Waals surface area (Å²) < 4.78 is 0. The van der Waals surface area contributed by atoms with Gasteiger partial charge in [-0.2, -0.15) is 0 Å². The molecule has 1 aliphatic carbocycles. The SMILES string of the molecule is Cc1ncnc(N2CCNCC2)c1C(=N)C1CC1. The van der Waals surface area contributed by atoms with Crippen molar-refractivity contribution in [1.82, 2.24) is 15.3 Å². The van der Waals surface area contributed by atoms with E-state index in [0.717, 1.165) is 61.8 Å². The lowest BCUT2D eigenvalue weighted by molar-refractivity contribution is 0.584. The monoisotopic (exact) mass is 245 g/mol. The van der Waals surface area contributed by atoms with Crippen LogP contribution in [0.1, 0.15) is 24.1 Å². The fourth-order valence-corrected chi connectivity index (χ4v) is 2.47. The highest BCUT2D eigenvalue weighted by atomic mass is 15.2. The number of rotatable bonds is 3. The molecular formula is C13H19N5. The lowest BCUT2D eigenvalue weighted by Crippen LogP contribution is -2.44. The van der Waals surface area contributed by atoms with Gasteiger partial charge in [0.05, 0.1) is 11.3 Å². The first kappa shape index (κ1) is 11.6. The predicted octanol–water partition coefficient (Wildman–Crippen LogP) is 0.972. The molecular weight excluding hydrogens is 226 g/mol. The van der Waals surface area contributed by atoms with Crippen LogP contribution >= 0.6 is 0 Å². The van der Waals surface area contributed by atoms with Crippen molar-refractivity contribution in [3.8, 4) is 0 Å². The normalized spacial score (nSPS) is 19.9. The van der Waals surface area contributed by atoms with E-state index < -0.39 is 0 Å². The van der Waals surface area contributed by atoms with Crippen LogP contribution in [-0.2, 0) is 0 Å². The lowest BCUT2D eigenvalue weighted by atomic mass is 10.0.